The first kappa shape index (κ1) is 19.1. The molecule has 4 nitrogen and oxygen atoms in total. The number of hydrogen-bond acceptors (Lipinski definition) is 4. The zero-order valence-corrected chi connectivity index (χ0v) is 14.8. The van der Waals surface area contributed by atoms with Crippen molar-refractivity contribution in [1.29, 1.82) is 0 Å². The molecule has 2 aliphatic carbocycles. The van der Waals surface area contributed by atoms with Gasteiger partial charge in [-0.15, -0.1) is 0 Å². The van der Waals surface area contributed by atoms with E-state index in [-0.39, 0.29) is 23.1 Å². The highest BCUT2D eigenvalue weighted by molar-refractivity contribution is 6.20. The van der Waals surface area contributed by atoms with Crippen molar-refractivity contribution in [2.45, 2.75) is 39.5 Å². The predicted octanol–water partition coefficient (Wildman–Crippen LogP) is 2.60. The Kier molecular flexibility index (Phi) is 6.42. The standard InChI is InChI=1S/C22H18O4/c1-15-11-21(25)17(13-19(15)23)9-7-5-3-4-6-8-10-18-14-20(24)16(2)12-22(18)26/h11-14H,7-10H2,1-2H3. The molecule has 0 atom stereocenters. The third kappa shape index (κ3) is 5.13. The monoisotopic (exact) mass is 346 g/mol. The molecule has 0 radical (unpaired) electrons. The summed E-state index contributed by atoms with van der Waals surface area (Å²) >= 11 is 0. The second-order valence-electron chi connectivity index (χ2n) is 6.05. The van der Waals surface area contributed by atoms with Crippen molar-refractivity contribution in [3.8, 4) is 23.7 Å². The summed E-state index contributed by atoms with van der Waals surface area (Å²) in [6.45, 7) is 3.24. The molecule has 0 heterocycles. The number of carbonyl (C=O) groups is 4. The molecular formula is C22H18O4. The Morgan fingerprint density at radius 3 is 1.38 bits per heavy atom. The molecule has 0 N–H and O–H groups in total. The summed E-state index contributed by atoms with van der Waals surface area (Å²) in [6.07, 6.45) is 7.16. The highest BCUT2D eigenvalue weighted by Gasteiger charge is 2.17. The summed E-state index contributed by atoms with van der Waals surface area (Å²) in [4.78, 5) is 46.6. The third-order valence-electron chi connectivity index (χ3n) is 3.99. The molecule has 0 aromatic carbocycles. The van der Waals surface area contributed by atoms with E-state index in [0.29, 0.717) is 48.0 Å². The van der Waals surface area contributed by atoms with Crippen LogP contribution in [0.15, 0.2) is 46.6 Å². The molecule has 0 aliphatic heterocycles. The molecule has 0 fully saturated rings. The van der Waals surface area contributed by atoms with E-state index in [9.17, 15) is 19.2 Å². The van der Waals surface area contributed by atoms with E-state index in [2.05, 4.69) is 23.7 Å². The first-order chi connectivity index (χ1) is 12.4. The minimum Gasteiger partial charge on any atom is -0.290 e. The lowest BCUT2D eigenvalue weighted by Crippen LogP contribution is -2.11. The summed E-state index contributed by atoms with van der Waals surface area (Å²) < 4.78 is 0. The molecule has 0 aromatic rings. The summed E-state index contributed by atoms with van der Waals surface area (Å²) in [5, 5.41) is 0. The van der Waals surface area contributed by atoms with Gasteiger partial charge in [0.05, 0.1) is 0 Å². The molecule has 0 aromatic heterocycles. The molecule has 0 amide bonds. The van der Waals surface area contributed by atoms with Gasteiger partial charge in [-0.1, -0.05) is 11.8 Å². The maximum Gasteiger partial charge on any atom is 0.182 e. The van der Waals surface area contributed by atoms with E-state index in [0.717, 1.165) is 0 Å². The van der Waals surface area contributed by atoms with Crippen molar-refractivity contribution >= 4 is 23.1 Å². The number of allylic oxidation sites excluding steroid dienone is 8. The topological polar surface area (TPSA) is 68.3 Å². The molecule has 0 unspecified atom stereocenters. The number of hydrogen-bond donors (Lipinski definition) is 0. The van der Waals surface area contributed by atoms with Crippen LogP contribution in [0.4, 0.5) is 0 Å². The highest BCUT2D eigenvalue weighted by Crippen LogP contribution is 2.16. The largest absolute Gasteiger partial charge is 0.290 e. The van der Waals surface area contributed by atoms with Gasteiger partial charge in [0, 0.05) is 35.1 Å². The number of ketones is 4. The predicted molar refractivity (Wildman–Crippen MR) is 97.7 cm³/mol. The van der Waals surface area contributed by atoms with Gasteiger partial charge in [-0.3, -0.25) is 19.2 Å². The van der Waals surface area contributed by atoms with Crippen LogP contribution < -0.4 is 0 Å². The average molecular weight is 346 g/mol. The Morgan fingerprint density at radius 2 is 1.00 bits per heavy atom. The van der Waals surface area contributed by atoms with Crippen LogP contribution in [0.1, 0.15) is 39.5 Å². The molecule has 130 valence electrons. The maximum atomic E-state index is 11.7. The van der Waals surface area contributed by atoms with Crippen LogP contribution in [-0.2, 0) is 19.2 Å². The summed E-state index contributed by atoms with van der Waals surface area (Å²) in [6, 6.07) is 0. The van der Waals surface area contributed by atoms with Crippen LogP contribution in [0.3, 0.4) is 0 Å². The molecule has 0 spiro atoms. The normalized spacial score (nSPS) is 16.5. The van der Waals surface area contributed by atoms with Gasteiger partial charge in [0.25, 0.3) is 0 Å². The molecule has 0 saturated carbocycles. The molecular weight excluding hydrogens is 328 g/mol. The Bertz CT molecular complexity index is 850. The van der Waals surface area contributed by atoms with Crippen molar-refractivity contribution < 1.29 is 19.2 Å². The average Bonchev–Trinajstić information content (AvgIpc) is 2.58. The van der Waals surface area contributed by atoms with Crippen molar-refractivity contribution in [2.24, 2.45) is 0 Å². The maximum absolute atomic E-state index is 11.7. The molecule has 2 aliphatic rings. The minimum absolute atomic E-state index is 0.137. The van der Waals surface area contributed by atoms with Gasteiger partial charge in [0.15, 0.2) is 23.1 Å². The van der Waals surface area contributed by atoms with Gasteiger partial charge in [-0.2, -0.15) is 0 Å². The first-order valence-corrected chi connectivity index (χ1v) is 8.29. The molecule has 0 bridgehead atoms. The van der Waals surface area contributed by atoms with Crippen LogP contribution in [0, 0.1) is 23.7 Å². The zero-order valence-electron chi connectivity index (χ0n) is 14.8. The number of rotatable bonds is 4. The van der Waals surface area contributed by atoms with Crippen LogP contribution in [0.25, 0.3) is 0 Å². The summed E-state index contributed by atoms with van der Waals surface area (Å²) in [5.41, 5.74) is 1.85. The summed E-state index contributed by atoms with van der Waals surface area (Å²) in [7, 11) is 0. The van der Waals surface area contributed by atoms with Crippen molar-refractivity contribution in [3.63, 3.8) is 0 Å². The Balaban J connectivity index is 1.77. The highest BCUT2D eigenvalue weighted by atomic mass is 16.1. The molecule has 0 saturated heterocycles. The van der Waals surface area contributed by atoms with E-state index in [1.165, 1.54) is 24.3 Å². The molecule has 26 heavy (non-hydrogen) atoms. The minimum atomic E-state index is -0.140. The fourth-order valence-electron chi connectivity index (χ4n) is 2.41. The van der Waals surface area contributed by atoms with Gasteiger partial charge in [-0.25, -0.2) is 0 Å². The SMILES string of the molecule is CC1=CC(=O)C(CCC#CC#CCCC2=CC(=O)C(C)=CC2=O)=CC1=O. The summed E-state index contributed by atoms with van der Waals surface area (Å²) in [5.74, 6) is 10.5. The van der Waals surface area contributed by atoms with Gasteiger partial charge in [-0.05, 0) is 62.8 Å². The quantitative estimate of drug-likeness (QED) is 0.580. The van der Waals surface area contributed by atoms with Gasteiger partial charge in [0.2, 0.25) is 0 Å². The van der Waals surface area contributed by atoms with Crippen molar-refractivity contribution in [3.05, 3.63) is 46.6 Å². The second-order valence-corrected chi connectivity index (χ2v) is 6.05. The van der Waals surface area contributed by atoms with Crippen molar-refractivity contribution in [1.82, 2.24) is 0 Å². The van der Waals surface area contributed by atoms with Crippen LogP contribution in [-0.4, -0.2) is 23.1 Å². The second kappa shape index (κ2) is 8.74. The lowest BCUT2D eigenvalue weighted by atomic mass is 9.95. The third-order valence-corrected chi connectivity index (χ3v) is 3.99. The molecule has 4 heteroatoms. The van der Waals surface area contributed by atoms with Crippen LogP contribution in [0.2, 0.25) is 0 Å². The number of carbonyl (C=O) groups excluding carboxylic acids is 4. The lowest BCUT2D eigenvalue weighted by Gasteiger charge is -2.07. The first-order valence-electron chi connectivity index (χ1n) is 8.29. The van der Waals surface area contributed by atoms with E-state index in [1.54, 1.807) is 13.8 Å². The van der Waals surface area contributed by atoms with Crippen LogP contribution >= 0.6 is 0 Å². The van der Waals surface area contributed by atoms with Crippen LogP contribution in [0.5, 0.6) is 0 Å². The van der Waals surface area contributed by atoms with Gasteiger partial charge in [0.1, 0.15) is 0 Å². The van der Waals surface area contributed by atoms with Crippen molar-refractivity contribution in [2.75, 3.05) is 0 Å². The van der Waals surface area contributed by atoms with E-state index < -0.39 is 0 Å². The smallest absolute Gasteiger partial charge is 0.182 e. The Labute approximate surface area is 152 Å². The van der Waals surface area contributed by atoms with Gasteiger partial charge < -0.3 is 0 Å². The van der Waals surface area contributed by atoms with Gasteiger partial charge >= 0.3 is 0 Å². The van der Waals surface area contributed by atoms with E-state index >= 15 is 0 Å². The fourth-order valence-corrected chi connectivity index (χ4v) is 2.41. The fraction of sp³-hybridized carbons (Fsp3) is 0.273. The molecule has 2 rings (SSSR count). The van der Waals surface area contributed by atoms with E-state index in [4.69, 9.17) is 0 Å². The zero-order chi connectivity index (χ0) is 19.1. The lowest BCUT2D eigenvalue weighted by molar-refractivity contribution is -0.115. The van der Waals surface area contributed by atoms with E-state index in [1.807, 2.05) is 0 Å². The Hall–Kier alpha value is -3.24. The Morgan fingerprint density at radius 1 is 0.615 bits per heavy atom.